The molecule has 3 heteroatoms. The molecule has 0 radical (unpaired) electrons. The molecule has 0 N–H and O–H groups in total. The van der Waals surface area contributed by atoms with E-state index in [1.54, 1.807) is 0 Å². The number of likely N-dealkylation sites (tertiary alicyclic amines) is 3. The lowest BCUT2D eigenvalue weighted by atomic mass is 9.79. The van der Waals surface area contributed by atoms with Crippen LogP contribution in [0.1, 0.15) is 50.2 Å². The number of piperidine rings is 2. The summed E-state index contributed by atoms with van der Waals surface area (Å²) < 4.78 is 0. The lowest BCUT2D eigenvalue weighted by molar-refractivity contribution is 0.0704. The van der Waals surface area contributed by atoms with Crippen molar-refractivity contribution in [3.63, 3.8) is 0 Å². The van der Waals surface area contributed by atoms with Crippen molar-refractivity contribution in [1.82, 2.24) is 14.7 Å². The minimum absolute atomic E-state index is 0.573. The molecule has 0 amide bonds. The first-order valence-corrected chi connectivity index (χ1v) is 10.9. The third-order valence-electron chi connectivity index (χ3n) is 7.22. The lowest BCUT2D eigenvalue weighted by Gasteiger charge is -2.42. The number of rotatable bonds is 4. The van der Waals surface area contributed by atoms with Gasteiger partial charge in [-0.15, -0.1) is 0 Å². The van der Waals surface area contributed by atoms with E-state index in [4.69, 9.17) is 0 Å². The van der Waals surface area contributed by atoms with E-state index in [0.29, 0.717) is 5.41 Å². The maximum absolute atomic E-state index is 2.86. The standard InChI is InChI=1S/C23H37N3/c1-3-24-13-8-22(9-14-24)26-15-11-23(19-26)10-5-12-25(18-23)17-21-7-4-6-20(2)16-21/h4,6-7,16,22H,3,5,8-15,17-19H2,1-2H3. The van der Waals surface area contributed by atoms with Crippen molar-refractivity contribution in [2.75, 3.05) is 45.8 Å². The molecule has 1 unspecified atom stereocenters. The van der Waals surface area contributed by atoms with E-state index < -0.39 is 0 Å². The smallest absolute Gasteiger partial charge is 0.0234 e. The van der Waals surface area contributed by atoms with Crippen molar-refractivity contribution in [1.29, 1.82) is 0 Å². The van der Waals surface area contributed by atoms with Gasteiger partial charge in [-0.05, 0) is 82.7 Å². The molecule has 144 valence electrons. The average Bonchev–Trinajstić information content (AvgIpc) is 3.05. The molecule has 26 heavy (non-hydrogen) atoms. The summed E-state index contributed by atoms with van der Waals surface area (Å²) >= 11 is 0. The van der Waals surface area contributed by atoms with Gasteiger partial charge in [-0.25, -0.2) is 0 Å². The normalized spacial score (nSPS) is 29.6. The highest BCUT2D eigenvalue weighted by atomic mass is 15.2. The largest absolute Gasteiger partial charge is 0.303 e. The molecule has 3 aliphatic heterocycles. The summed E-state index contributed by atoms with van der Waals surface area (Å²) in [5, 5.41) is 0. The average molecular weight is 356 g/mol. The zero-order valence-corrected chi connectivity index (χ0v) is 16.9. The highest BCUT2D eigenvalue weighted by Gasteiger charge is 2.43. The van der Waals surface area contributed by atoms with Crippen LogP contribution >= 0.6 is 0 Å². The molecule has 0 aromatic heterocycles. The molecule has 1 spiro atoms. The van der Waals surface area contributed by atoms with E-state index in [1.807, 2.05) is 0 Å². The van der Waals surface area contributed by atoms with Gasteiger partial charge in [0.1, 0.15) is 0 Å². The van der Waals surface area contributed by atoms with E-state index in [1.165, 1.54) is 89.0 Å². The number of hydrogen-bond donors (Lipinski definition) is 0. The second kappa shape index (κ2) is 8.00. The van der Waals surface area contributed by atoms with Crippen LogP contribution in [-0.2, 0) is 6.54 Å². The van der Waals surface area contributed by atoms with Crippen LogP contribution in [0.4, 0.5) is 0 Å². The molecule has 1 aromatic rings. The fourth-order valence-corrected chi connectivity index (χ4v) is 5.73. The second-order valence-electron chi connectivity index (χ2n) is 9.19. The quantitative estimate of drug-likeness (QED) is 0.814. The van der Waals surface area contributed by atoms with Crippen LogP contribution < -0.4 is 0 Å². The Morgan fingerprint density at radius 1 is 1.00 bits per heavy atom. The van der Waals surface area contributed by atoms with E-state index in [0.717, 1.165) is 12.6 Å². The molecular formula is C23H37N3. The molecule has 3 fully saturated rings. The Morgan fingerprint density at radius 3 is 2.62 bits per heavy atom. The van der Waals surface area contributed by atoms with Crippen molar-refractivity contribution >= 4 is 0 Å². The minimum atomic E-state index is 0.573. The Balaban J connectivity index is 1.34. The van der Waals surface area contributed by atoms with Crippen molar-refractivity contribution in [2.24, 2.45) is 5.41 Å². The topological polar surface area (TPSA) is 9.72 Å². The SMILES string of the molecule is CCN1CCC(N2CCC3(CCCN(Cc4cccc(C)c4)C3)C2)CC1. The highest BCUT2D eigenvalue weighted by molar-refractivity contribution is 5.22. The van der Waals surface area contributed by atoms with Gasteiger partial charge in [0.15, 0.2) is 0 Å². The Hall–Kier alpha value is -0.900. The summed E-state index contributed by atoms with van der Waals surface area (Å²) in [6.07, 6.45) is 7.02. The van der Waals surface area contributed by atoms with E-state index >= 15 is 0 Å². The third-order valence-corrected chi connectivity index (χ3v) is 7.22. The molecule has 3 saturated heterocycles. The van der Waals surface area contributed by atoms with Crippen molar-refractivity contribution in [3.8, 4) is 0 Å². The van der Waals surface area contributed by atoms with Crippen LogP contribution in [0.25, 0.3) is 0 Å². The molecule has 4 rings (SSSR count). The summed E-state index contributed by atoms with van der Waals surface area (Å²) in [7, 11) is 0. The van der Waals surface area contributed by atoms with Gasteiger partial charge in [0, 0.05) is 25.7 Å². The van der Waals surface area contributed by atoms with Gasteiger partial charge >= 0.3 is 0 Å². The Morgan fingerprint density at radius 2 is 1.85 bits per heavy atom. The summed E-state index contributed by atoms with van der Waals surface area (Å²) in [5.41, 5.74) is 3.45. The molecule has 1 atom stereocenters. The third kappa shape index (κ3) is 4.16. The van der Waals surface area contributed by atoms with Gasteiger partial charge in [-0.3, -0.25) is 9.80 Å². The second-order valence-corrected chi connectivity index (χ2v) is 9.19. The predicted molar refractivity (Wildman–Crippen MR) is 109 cm³/mol. The lowest BCUT2D eigenvalue weighted by Crippen LogP contribution is -2.47. The van der Waals surface area contributed by atoms with Crippen LogP contribution in [0.15, 0.2) is 24.3 Å². The van der Waals surface area contributed by atoms with Gasteiger partial charge in [0.05, 0.1) is 0 Å². The van der Waals surface area contributed by atoms with Gasteiger partial charge in [0.2, 0.25) is 0 Å². The first kappa shape index (κ1) is 18.5. The summed E-state index contributed by atoms with van der Waals surface area (Å²) in [4.78, 5) is 8.22. The molecule has 3 nitrogen and oxygen atoms in total. The molecule has 1 aromatic carbocycles. The molecule has 3 heterocycles. The Kier molecular flexibility index (Phi) is 5.68. The van der Waals surface area contributed by atoms with Crippen molar-refractivity contribution < 1.29 is 0 Å². The maximum atomic E-state index is 2.86. The first-order valence-electron chi connectivity index (χ1n) is 10.9. The van der Waals surface area contributed by atoms with Crippen molar-refractivity contribution in [2.45, 2.75) is 58.5 Å². The van der Waals surface area contributed by atoms with Gasteiger partial charge in [0.25, 0.3) is 0 Å². The first-order chi connectivity index (χ1) is 12.7. The van der Waals surface area contributed by atoms with E-state index in [-0.39, 0.29) is 0 Å². The predicted octanol–water partition coefficient (Wildman–Crippen LogP) is 3.77. The van der Waals surface area contributed by atoms with Crippen LogP contribution in [0.3, 0.4) is 0 Å². The monoisotopic (exact) mass is 355 g/mol. The summed E-state index contributed by atoms with van der Waals surface area (Å²) in [6.45, 7) is 14.8. The van der Waals surface area contributed by atoms with Crippen LogP contribution in [-0.4, -0.2) is 66.6 Å². The molecule has 0 aliphatic carbocycles. The van der Waals surface area contributed by atoms with Gasteiger partial charge in [-0.1, -0.05) is 36.8 Å². The van der Waals surface area contributed by atoms with E-state index in [2.05, 4.69) is 52.8 Å². The molecule has 0 bridgehead atoms. The van der Waals surface area contributed by atoms with Crippen LogP contribution in [0.2, 0.25) is 0 Å². The Bertz CT molecular complexity index is 593. The fraction of sp³-hybridized carbons (Fsp3) is 0.739. The number of nitrogens with zero attached hydrogens (tertiary/aromatic N) is 3. The zero-order chi connectivity index (χ0) is 18.0. The maximum Gasteiger partial charge on any atom is 0.0234 e. The summed E-state index contributed by atoms with van der Waals surface area (Å²) in [5.74, 6) is 0. The Labute approximate surface area is 160 Å². The number of hydrogen-bond acceptors (Lipinski definition) is 3. The van der Waals surface area contributed by atoms with Crippen molar-refractivity contribution in [3.05, 3.63) is 35.4 Å². The number of benzene rings is 1. The van der Waals surface area contributed by atoms with Crippen LogP contribution in [0, 0.1) is 12.3 Å². The number of aryl methyl sites for hydroxylation is 1. The highest BCUT2D eigenvalue weighted by Crippen LogP contribution is 2.41. The van der Waals surface area contributed by atoms with Crippen LogP contribution in [0.5, 0.6) is 0 Å². The van der Waals surface area contributed by atoms with Gasteiger partial charge < -0.3 is 4.90 Å². The summed E-state index contributed by atoms with van der Waals surface area (Å²) in [6, 6.07) is 9.94. The minimum Gasteiger partial charge on any atom is -0.303 e. The van der Waals surface area contributed by atoms with Gasteiger partial charge in [-0.2, -0.15) is 0 Å². The molecule has 0 saturated carbocycles. The molecule has 3 aliphatic rings. The fourth-order valence-electron chi connectivity index (χ4n) is 5.73. The van der Waals surface area contributed by atoms with E-state index in [9.17, 15) is 0 Å². The molecular weight excluding hydrogens is 318 g/mol. The zero-order valence-electron chi connectivity index (χ0n) is 16.9.